The van der Waals surface area contributed by atoms with Crippen molar-refractivity contribution in [1.82, 2.24) is 0 Å². The molecule has 0 aliphatic rings. The van der Waals surface area contributed by atoms with Crippen molar-refractivity contribution in [2.75, 3.05) is 0 Å². The molecule has 85 valence electrons. The van der Waals surface area contributed by atoms with Crippen molar-refractivity contribution in [1.29, 1.82) is 0 Å². The first-order chi connectivity index (χ1) is 7.70. The summed E-state index contributed by atoms with van der Waals surface area (Å²) < 4.78 is 0. The third-order valence-electron chi connectivity index (χ3n) is 3.08. The summed E-state index contributed by atoms with van der Waals surface area (Å²) in [6, 6.07) is 19.0. The van der Waals surface area contributed by atoms with E-state index in [9.17, 15) is 0 Å². The summed E-state index contributed by atoms with van der Waals surface area (Å²) in [5.74, 6) is 0.363. The van der Waals surface area contributed by atoms with Crippen LogP contribution in [0.5, 0.6) is 0 Å². The minimum absolute atomic E-state index is 0. The molecular weight excluding hydrogens is 281 g/mol. The fourth-order valence-corrected chi connectivity index (χ4v) is 2.15. The SMILES string of the molecule is Cc1ccc[c-]c1C(C)c1[c-]cccc1C.[Y]. The Bertz CT molecular complexity index is 443. The Morgan fingerprint density at radius 1 is 0.882 bits per heavy atom. The molecular formula is C16H16Y-2. The first kappa shape index (κ1) is 14.6. The van der Waals surface area contributed by atoms with Crippen LogP contribution in [0.15, 0.2) is 36.4 Å². The van der Waals surface area contributed by atoms with Crippen LogP contribution in [0.1, 0.15) is 35.1 Å². The van der Waals surface area contributed by atoms with Gasteiger partial charge in [0.05, 0.1) is 0 Å². The normalized spacial score (nSPS) is 10.1. The van der Waals surface area contributed by atoms with E-state index < -0.39 is 0 Å². The maximum Gasteiger partial charge on any atom is 0 e. The van der Waals surface area contributed by atoms with Crippen LogP contribution in [0.4, 0.5) is 0 Å². The molecule has 0 nitrogen and oxygen atoms in total. The van der Waals surface area contributed by atoms with Gasteiger partial charge in [-0.05, 0) is 5.92 Å². The molecule has 0 fully saturated rings. The molecule has 0 aliphatic heterocycles. The molecule has 17 heavy (non-hydrogen) atoms. The van der Waals surface area contributed by atoms with Crippen molar-refractivity contribution in [2.24, 2.45) is 0 Å². The van der Waals surface area contributed by atoms with E-state index in [2.05, 4.69) is 45.0 Å². The zero-order chi connectivity index (χ0) is 11.5. The third kappa shape index (κ3) is 3.27. The molecule has 0 saturated heterocycles. The summed E-state index contributed by atoms with van der Waals surface area (Å²) in [7, 11) is 0. The summed E-state index contributed by atoms with van der Waals surface area (Å²) >= 11 is 0. The number of hydrogen-bond donors (Lipinski definition) is 0. The summed E-state index contributed by atoms with van der Waals surface area (Å²) in [5, 5.41) is 0. The molecule has 0 saturated carbocycles. The Morgan fingerprint density at radius 2 is 1.29 bits per heavy atom. The monoisotopic (exact) mass is 297 g/mol. The van der Waals surface area contributed by atoms with Gasteiger partial charge in [0.2, 0.25) is 0 Å². The van der Waals surface area contributed by atoms with Crippen molar-refractivity contribution in [3.8, 4) is 0 Å². The van der Waals surface area contributed by atoms with Gasteiger partial charge < -0.3 is 0 Å². The number of rotatable bonds is 2. The van der Waals surface area contributed by atoms with Crippen molar-refractivity contribution in [2.45, 2.75) is 26.7 Å². The van der Waals surface area contributed by atoms with Crippen LogP contribution in [0.25, 0.3) is 0 Å². The Hall–Kier alpha value is -0.456. The van der Waals surface area contributed by atoms with Crippen LogP contribution in [0, 0.1) is 26.0 Å². The smallest absolute Gasteiger partial charge is 0 e. The Kier molecular flexibility index (Phi) is 5.56. The number of hydrogen-bond acceptors (Lipinski definition) is 0. The average Bonchev–Trinajstić information content (AvgIpc) is 2.29. The fourth-order valence-electron chi connectivity index (χ4n) is 2.15. The maximum atomic E-state index is 3.34. The zero-order valence-corrected chi connectivity index (χ0v) is 13.5. The molecule has 0 heterocycles. The summed E-state index contributed by atoms with van der Waals surface area (Å²) in [5.41, 5.74) is 5.14. The Morgan fingerprint density at radius 3 is 1.65 bits per heavy atom. The fraction of sp³-hybridized carbons (Fsp3) is 0.250. The molecule has 0 unspecified atom stereocenters. The van der Waals surface area contributed by atoms with Crippen LogP contribution < -0.4 is 0 Å². The van der Waals surface area contributed by atoms with E-state index in [1.54, 1.807) is 0 Å². The van der Waals surface area contributed by atoms with Gasteiger partial charge in [0.15, 0.2) is 0 Å². The predicted molar refractivity (Wildman–Crippen MR) is 67.5 cm³/mol. The van der Waals surface area contributed by atoms with E-state index in [0.29, 0.717) is 5.92 Å². The topological polar surface area (TPSA) is 0 Å². The minimum atomic E-state index is 0. The van der Waals surface area contributed by atoms with Crippen LogP contribution in [-0.4, -0.2) is 0 Å². The van der Waals surface area contributed by atoms with E-state index in [1.165, 1.54) is 22.3 Å². The summed E-state index contributed by atoms with van der Waals surface area (Å²) in [6.07, 6.45) is 0. The van der Waals surface area contributed by atoms with Crippen molar-refractivity contribution >= 4 is 0 Å². The third-order valence-corrected chi connectivity index (χ3v) is 3.08. The molecule has 2 aromatic rings. The molecule has 0 aromatic heterocycles. The van der Waals surface area contributed by atoms with E-state index in [0.717, 1.165) is 0 Å². The van der Waals surface area contributed by atoms with Gasteiger partial charge in [0, 0.05) is 32.7 Å². The van der Waals surface area contributed by atoms with E-state index >= 15 is 0 Å². The van der Waals surface area contributed by atoms with Crippen LogP contribution in [0.2, 0.25) is 0 Å². The van der Waals surface area contributed by atoms with Gasteiger partial charge in [-0.2, -0.15) is 70.8 Å². The number of benzene rings is 2. The molecule has 2 aromatic carbocycles. The molecule has 2 rings (SSSR count). The quantitative estimate of drug-likeness (QED) is 0.734. The first-order valence-electron chi connectivity index (χ1n) is 5.64. The minimum Gasteiger partial charge on any atom is -0.180 e. The average molecular weight is 297 g/mol. The second-order valence-electron chi connectivity index (χ2n) is 4.26. The first-order valence-corrected chi connectivity index (χ1v) is 5.64. The van der Waals surface area contributed by atoms with Crippen molar-refractivity contribution in [3.05, 3.63) is 70.8 Å². The largest absolute Gasteiger partial charge is 0.180 e. The Labute approximate surface area is 129 Å². The summed E-state index contributed by atoms with van der Waals surface area (Å²) in [6.45, 7) is 6.50. The van der Waals surface area contributed by atoms with Crippen LogP contribution in [-0.2, 0) is 32.7 Å². The van der Waals surface area contributed by atoms with E-state index in [1.807, 2.05) is 24.3 Å². The molecule has 0 spiro atoms. The molecule has 0 aliphatic carbocycles. The molecule has 0 bridgehead atoms. The second-order valence-corrected chi connectivity index (χ2v) is 4.26. The summed E-state index contributed by atoms with van der Waals surface area (Å²) in [4.78, 5) is 0. The molecule has 0 atom stereocenters. The molecule has 1 heteroatoms. The van der Waals surface area contributed by atoms with Gasteiger partial charge in [-0.1, -0.05) is 20.8 Å². The van der Waals surface area contributed by atoms with E-state index in [4.69, 9.17) is 0 Å². The van der Waals surface area contributed by atoms with Gasteiger partial charge in [0.1, 0.15) is 0 Å². The van der Waals surface area contributed by atoms with Gasteiger partial charge in [-0.15, -0.1) is 0 Å². The van der Waals surface area contributed by atoms with Gasteiger partial charge in [-0.3, -0.25) is 0 Å². The molecule has 1 radical (unpaired) electrons. The Balaban J connectivity index is 0.00000144. The molecule has 0 N–H and O–H groups in total. The van der Waals surface area contributed by atoms with Gasteiger partial charge >= 0.3 is 0 Å². The van der Waals surface area contributed by atoms with E-state index in [-0.39, 0.29) is 32.7 Å². The second kappa shape index (κ2) is 6.47. The van der Waals surface area contributed by atoms with Crippen molar-refractivity contribution in [3.63, 3.8) is 0 Å². The predicted octanol–water partition coefficient (Wildman–Crippen LogP) is 4.05. The van der Waals surface area contributed by atoms with Crippen molar-refractivity contribution < 1.29 is 32.7 Å². The number of aryl methyl sites for hydroxylation is 2. The zero-order valence-electron chi connectivity index (χ0n) is 10.6. The van der Waals surface area contributed by atoms with Gasteiger partial charge in [-0.25, -0.2) is 0 Å². The van der Waals surface area contributed by atoms with Gasteiger partial charge in [0.25, 0.3) is 0 Å². The standard InChI is InChI=1S/C16H16.Y/c1-12-8-4-6-10-15(12)14(3)16-11-7-5-9-13(16)2;/h4-9,14H,1-3H3;/q-2;. The maximum absolute atomic E-state index is 3.34. The van der Waals surface area contributed by atoms with Crippen LogP contribution in [0.3, 0.4) is 0 Å². The van der Waals surface area contributed by atoms with Crippen LogP contribution >= 0.6 is 0 Å². The molecule has 0 amide bonds.